The Morgan fingerprint density at radius 3 is 2.23 bits per heavy atom. The van der Waals surface area contributed by atoms with E-state index in [0.717, 1.165) is 21.3 Å². The van der Waals surface area contributed by atoms with Crippen LogP contribution in [0.2, 0.25) is 5.02 Å². The van der Waals surface area contributed by atoms with Gasteiger partial charge in [-0.25, -0.2) is 0 Å². The lowest BCUT2D eigenvalue weighted by molar-refractivity contribution is 0.340. The molecule has 0 aromatic heterocycles. The van der Waals surface area contributed by atoms with Gasteiger partial charge in [-0.1, -0.05) is 23.7 Å². The maximum Gasteiger partial charge on any atom is 0.180 e. The Labute approximate surface area is 144 Å². The van der Waals surface area contributed by atoms with E-state index < -0.39 is 0 Å². The van der Waals surface area contributed by atoms with Crippen molar-refractivity contribution in [3.63, 3.8) is 0 Å². The largest absolute Gasteiger partial charge is 0.494 e. The minimum Gasteiger partial charge on any atom is -0.494 e. The van der Waals surface area contributed by atoms with Crippen LogP contribution in [0, 0.1) is 0 Å². The summed E-state index contributed by atoms with van der Waals surface area (Å²) in [5.41, 5.74) is 2.11. The molecular formula is C17H18BrClO3. The summed E-state index contributed by atoms with van der Waals surface area (Å²) < 4.78 is 17.0. The first-order valence-corrected chi connectivity index (χ1v) is 8.08. The van der Waals surface area contributed by atoms with E-state index in [9.17, 15) is 0 Å². The smallest absolute Gasteiger partial charge is 0.180 e. The van der Waals surface area contributed by atoms with Gasteiger partial charge in [-0.05, 0) is 58.6 Å². The van der Waals surface area contributed by atoms with Crippen LogP contribution in [-0.2, 0) is 6.42 Å². The third-order valence-corrected chi connectivity index (χ3v) is 4.25. The maximum absolute atomic E-state index is 6.45. The first-order valence-electron chi connectivity index (χ1n) is 6.91. The molecule has 0 amide bonds. The second-order valence-electron chi connectivity index (χ2n) is 4.65. The van der Waals surface area contributed by atoms with Crippen molar-refractivity contribution in [2.24, 2.45) is 0 Å². The molecule has 5 heteroatoms. The summed E-state index contributed by atoms with van der Waals surface area (Å²) in [4.78, 5) is 0. The van der Waals surface area contributed by atoms with E-state index in [1.807, 2.05) is 37.3 Å². The lowest BCUT2D eigenvalue weighted by atomic mass is 10.0. The summed E-state index contributed by atoms with van der Waals surface area (Å²) >= 11 is 9.94. The number of methoxy groups -OCH3 is 2. The molecule has 0 unspecified atom stereocenters. The van der Waals surface area contributed by atoms with Gasteiger partial charge in [-0.15, -0.1) is 0 Å². The van der Waals surface area contributed by atoms with Crippen molar-refractivity contribution in [2.75, 3.05) is 20.8 Å². The standard InChI is InChI=1S/C17H18BrClO3/c1-4-22-13-7-5-11(6-8-13)9-12-10-14(18)16(20-2)17(21-3)15(12)19/h5-8,10H,4,9H2,1-3H3. The van der Waals surface area contributed by atoms with Gasteiger partial charge in [-0.3, -0.25) is 0 Å². The third-order valence-electron chi connectivity index (χ3n) is 3.24. The lowest BCUT2D eigenvalue weighted by Gasteiger charge is -2.15. The second kappa shape index (κ2) is 7.75. The van der Waals surface area contributed by atoms with Gasteiger partial charge in [0.2, 0.25) is 0 Å². The Morgan fingerprint density at radius 1 is 1.05 bits per heavy atom. The first-order chi connectivity index (χ1) is 10.6. The average Bonchev–Trinajstić information content (AvgIpc) is 2.52. The Kier molecular flexibility index (Phi) is 5.98. The molecule has 0 heterocycles. The van der Waals surface area contributed by atoms with Crippen LogP contribution in [0.1, 0.15) is 18.1 Å². The van der Waals surface area contributed by atoms with E-state index >= 15 is 0 Å². The highest BCUT2D eigenvalue weighted by molar-refractivity contribution is 9.10. The maximum atomic E-state index is 6.45. The number of halogens is 2. The van der Waals surface area contributed by atoms with E-state index in [-0.39, 0.29) is 0 Å². The fourth-order valence-electron chi connectivity index (χ4n) is 2.23. The zero-order valence-corrected chi connectivity index (χ0v) is 15.1. The summed E-state index contributed by atoms with van der Waals surface area (Å²) in [6.07, 6.45) is 0.699. The Balaban J connectivity index is 2.31. The van der Waals surface area contributed by atoms with Gasteiger partial charge in [0.05, 0.1) is 30.3 Å². The molecule has 0 spiro atoms. The molecular weight excluding hydrogens is 368 g/mol. The molecule has 0 aliphatic heterocycles. The highest BCUT2D eigenvalue weighted by atomic mass is 79.9. The zero-order chi connectivity index (χ0) is 16.1. The van der Waals surface area contributed by atoms with Crippen LogP contribution in [0.3, 0.4) is 0 Å². The molecule has 0 aliphatic rings. The lowest BCUT2D eigenvalue weighted by Crippen LogP contribution is -1.98. The first kappa shape index (κ1) is 17.0. The molecule has 2 aromatic carbocycles. The molecule has 0 atom stereocenters. The quantitative estimate of drug-likeness (QED) is 0.691. The molecule has 0 aliphatic carbocycles. The molecule has 0 radical (unpaired) electrons. The van der Waals surface area contributed by atoms with Crippen LogP contribution in [0.15, 0.2) is 34.8 Å². The summed E-state index contributed by atoms with van der Waals surface area (Å²) in [5, 5.41) is 0.566. The molecule has 3 nitrogen and oxygen atoms in total. The van der Waals surface area contributed by atoms with E-state index in [4.69, 9.17) is 25.8 Å². The van der Waals surface area contributed by atoms with Gasteiger partial charge in [0.15, 0.2) is 11.5 Å². The van der Waals surface area contributed by atoms with Crippen molar-refractivity contribution < 1.29 is 14.2 Å². The van der Waals surface area contributed by atoms with Crippen molar-refractivity contribution in [3.05, 3.63) is 51.0 Å². The number of rotatable bonds is 6. The predicted octanol–water partition coefficient (Wildman–Crippen LogP) is 5.11. The van der Waals surface area contributed by atoms with E-state index in [2.05, 4.69) is 15.9 Å². The normalized spacial score (nSPS) is 10.4. The summed E-state index contributed by atoms with van der Waals surface area (Å²) in [5.74, 6) is 2.01. The number of benzene rings is 2. The Bertz CT molecular complexity index is 641. The van der Waals surface area contributed by atoms with Gasteiger partial charge in [0.25, 0.3) is 0 Å². The van der Waals surface area contributed by atoms with Crippen LogP contribution >= 0.6 is 27.5 Å². The van der Waals surface area contributed by atoms with E-state index in [1.165, 1.54) is 0 Å². The van der Waals surface area contributed by atoms with Gasteiger partial charge in [-0.2, -0.15) is 0 Å². The summed E-state index contributed by atoms with van der Waals surface area (Å²) in [6.45, 7) is 2.63. The average molecular weight is 386 g/mol. The molecule has 0 N–H and O–H groups in total. The molecule has 0 bridgehead atoms. The number of hydrogen-bond acceptors (Lipinski definition) is 3. The van der Waals surface area contributed by atoms with Gasteiger partial charge < -0.3 is 14.2 Å². The van der Waals surface area contributed by atoms with Crippen molar-refractivity contribution in [3.8, 4) is 17.2 Å². The van der Waals surface area contributed by atoms with Gasteiger partial charge >= 0.3 is 0 Å². The Morgan fingerprint density at radius 2 is 1.68 bits per heavy atom. The summed E-state index contributed by atoms with van der Waals surface area (Å²) in [7, 11) is 3.17. The van der Waals surface area contributed by atoms with Crippen LogP contribution in [0.25, 0.3) is 0 Å². The minimum atomic E-state index is 0.541. The molecule has 118 valence electrons. The third kappa shape index (κ3) is 3.68. The number of ether oxygens (including phenoxy) is 3. The molecule has 2 rings (SSSR count). The SMILES string of the molecule is CCOc1ccc(Cc2cc(Br)c(OC)c(OC)c2Cl)cc1. The molecule has 0 fully saturated rings. The second-order valence-corrected chi connectivity index (χ2v) is 5.88. The van der Waals surface area contributed by atoms with Crippen LogP contribution in [-0.4, -0.2) is 20.8 Å². The highest BCUT2D eigenvalue weighted by Gasteiger charge is 2.17. The van der Waals surface area contributed by atoms with Crippen molar-refractivity contribution in [1.82, 2.24) is 0 Å². The minimum absolute atomic E-state index is 0.541. The fraction of sp³-hybridized carbons (Fsp3) is 0.294. The monoisotopic (exact) mass is 384 g/mol. The van der Waals surface area contributed by atoms with Crippen LogP contribution in [0.4, 0.5) is 0 Å². The predicted molar refractivity (Wildman–Crippen MR) is 92.7 cm³/mol. The molecule has 0 saturated heterocycles. The zero-order valence-electron chi connectivity index (χ0n) is 12.8. The summed E-state index contributed by atoms with van der Waals surface area (Å²) in [6, 6.07) is 9.95. The Hall–Kier alpha value is -1.39. The van der Waals surface area contributed by atoms with Gasteiger partial charge in [0.1, 0.15) is 5.75 Å². The molecule has 2 aromatic rings. The van der Waals surface area contributed by atoms with Crippen molar-refractivity contribution in [1.29, 1.82) is 0 Å². The van der Waals surface area contributed by atoms with Gasteiger partial charge in [0, 0.05) is 0 Å². The molecule has 22 heavy (non-hydrogen) atoms. The topological polar surface area (TPSA) is 27.7 Å². The highest BCUT2D eigenvalue weighted by Crippen LogP contribution is 2.43. The van der Waals surface area contributed by atoms with Crippen LogP contribution in [0.5, 0.6) is 17.2 Å². The van der Waals surface area contributed by atoms with Crippen molar-refractivity contribution >= 4 is 27.5 Å². The van der Waals surface area contributed by atoms with Crippen molar-refractivity contribution in [2.45, 2.75) is 13.3 Å². The van der Waals surface area contributed by atoms with E-state index in [1.54, 1.807) is 14.2 Å². The number of hydrogen-bond donors (Lipinski definition) is 0. The van der Waals surface area contributed by atoms with E-state index in [0.29, 0.717) is 29.5 Å². The molecule has 0 saturated carbocycles. The van der Waals surface area contributed by atoms with Crippen LogP contribution < -0.4 is 14.2 Å². The fourth-order valence-corrected chi connectivity index (χ4v) is 3.13.